The largest absolute Gasteiger partial charge is 0.392 e. The number of aliphatic hydroxyl groups is 1. The Bertz CT molecular complexity index is 803. The number of anilines is 2. The molecule has 2 aromatic rings. The maximum atomic E-state index is 13.3. The fraction of sp³-hybridized carbons (Fsp3) is 0.294. The van der Waals surface area contributed by atoms with E-state index >= 15 is 0 Å². The Morgan fingerprint density at radius 2 is 2.16 bits per heavy atom. The second-order valence-corrected chi connectivity index (χ2v) is 6.35. The molecule has 25 heavy (non-hydrogen) atoms. The topological polar surface area (TPSA) is 78.6 Å². The van der Waals surface area contributed by atoms with E-state index in [1.54, 1.807) is 18.2 Å². The molecular formula is C17H17ClFN3O3. The number of halogens is 2. The van der Waals surface area contributed by atoms with Crippen LogP contribution < -0.4 is 10.2 Å². The highest BCUT2D eigenvalue weighted by atomic mass is 35.5. The van der Waals surface area contributed by atoms with Crippen molar-refractivity contribution in [2.45, 2.75) is 19.1 Å². The zero-order valence-corrected chi connectivity index (χ0v) is 14.0. The number of hydrogen-bond acceptors (Lipinski definition) is 5. The van der Waals surface area contributed by atoms with Gasteiger partial charge >= 0.3 is 0 Å². The molecule has 1 saturated heterocycles. The van der Waals surface area contributed by atoms with Crippen LogP contribution in [0.4, 0.5) is 21.5 Å². The third-order valence-electron chi connectivity index (χ3n) is 4.26. The van der Waals surface area contributed by atoms with Crippen molar-refractivity contribution in [3.8, 4) is 0 Å². The molecule has 0 amide bonds. The van der Waals surface area contributed by atoms with Crippen LogP contribution in [0.15, 0.2) is 36.4 Å². The van der Waals surface area contributed by atoms with Crippen LogP contribution in [0.2, 0.25) is 5.02 Å². The molecule has 2 aromatic carbocycles. The molecule has 0 spiro atoms. The van der Waals surface area contributed by atoms with Crippen LogP contribution >= 0.6 is 11.6 Å². The molecule has 8 heteroatoms. The van der Waals surface area contributed by atoms with Gasteiger partial charge in [0.1, 0.15) is 11.5 Å². The minimum Gasteiger partial charge on any atom is -0.392 e. The summed E-state index contributed by atoms with van der Waals surface area (Å²) in [6.07, 6.45) is 0.773. The Hall–Kier alpha value is -2.38. The first-order valence-electron chi connectivity index (χ1n) is 7.82. The number of nitro groups is 1. The van der Waals surface area contributed by atoms with Crippen LogP contribution in [0.5, 0.6) is 0 Å². The van der Waals surface area contributed by atoms with Gasteiger partial charge < -0.3 is 15.3 Å². The predicted molar refractivity (Wildman–Crippen MR) is 94.7 cm³/mol. The Morgan fingerprint density at radius 1 is 1.36 bits per heavy atom. The summed E-state index contributed by atoms with van der Waals surface area (Å²) in [7, 11) is 0. The van der Waals surface area contributed by atoms with Gasteiger partial charge in [0.05, 0.1) is 16.6 Å². The molecule has 1 aliphatic rings. The number of rotatable bonds is 5. The second-order valence-electron chi connectivity index (χ2n) is 5.94. The molecule has 0 aromatic heterocycles. The average molecular weight is 366 g/mol. The van der Waals surface area contributed by atoms with Crippen molar-refractivity contribution in [3.63, 3.8) is 0 Å². The van der Waals surface area contributed by atoms with E-state index in [1.807, 2.05) is 4.90 Å². The second kappa shape index (κ2) is 7.25. The quantitative estimate of drug-likeness (QED) is 0.625. The molecule has 6 nitrogen and oxygen atoms in total. The smallest absolute Gasteiger partial charge is 0.292 e. The SMILES string of the molecule is O=[N+]([O-])c1ccc(CO)cc1NC1CCN(c2ccc(F)c(Cl)c2)C1. The lowest BCUT2D eigenvalue weighted by atomic mass is 10.1. The normalized spacial score (nSPS) is 16.9. The van der Waals surface area contributed by atoms with Gasteiger partial charge in [0.15, 0.2) is 0 Å². The lowest BCUT2D eigenvalue weighted by molar-refractivity contribution is -0.384. The minimum atomic E-state index is -0.462. The van der Waals surface area contributed by atoms with Gasteiger partial charge in [-0.3, -0.25) is 10.1 Å². The van der Waals surface area contributed by atoms with Crippen molar-refractivity contribution >= 4 is 28.7 Å². The van der Waals surface area contributed by atoms with Crippen molar-refractivity contribution in [1.29, 1.82) is 0 Å². The van der Waals surface area contributed by atoms with Crippen LogP contribution in [0.1, 0.15) is 12.0 Å². The van der Waals surface area contributed by atoms with Crippen molar-refractivity contribution in [3.05, 3.63) is 62.9 Å². The van der Waals surface area contributed by atoms with E-state index in [4.69, 9.17) is 11.6 Å². The number of nitrogens with one attached hydrogen (secondary N) is 1. The van der Waals surface area contributed by atoms with E-state index in [0.29, 0.717) is 17.8 Å². The summed E-state index contributed by atoms with van der Waals surface area (Å²) in [5.74, 6) is -0.462. The van der Waals surface area contributed by atoms with Crippen LogP contribution in [-0.2, 0) is 6.61 Å². The monoisotopic (exact) mass is 365 g/mol. The first-order chi connectivity index (χ1) is 12.0. The highest BCUT2D eigenvalue weighted by Gasteiger charge is 2.25. The van der Waals surface area contributed by atoms with Crippen LogP contribution in [-0.4, -0.2) is 29.2 Å². The summed E-state index contributed by atoms with van der Waals surface area (Å²) >= 11 is 5.83. The molecule has 0 aliphatic carbocycles. The molecule has 1 fully saturated rings. The van der Waals surface area contributed by atoms with Crippen LogP contribution in [0.3, 0.4) is 0 Å². The third kappa shape index (κ3) is 3.83. The van der Waals surface area contributed by atoms with Crippen LogP contribution in [0, 0.1) is 15.9 Å². The van der Waals surface area contributed by atoms with Gasteiger partial charge in [-0.2, -0.15) is 0 Å². The minimum absolute atomic E-state index is 0.00327. The zero-order valence-electron chi connectivity index (χ0n) is 13.3. The molecule has 3 rings (SSSR count). The van der Waals surface area contributed by atoms with E-state index < -0.39 is 10.7 Å². The summed E-state index contributed by atoms with van der Waals surface area (Å²) in [5, 5.41) is 23.7. The summed E-state index contributed by atoms with van der Waals surface area (Å²) in [4.78, 5) is 12.8. The molecule has 2 N–H and O–H groups in total. The van der Waals surface area contributed by atoms with Gasteiger partial charge in [0.25, 0.3) is 5.69 Å². The molecule has 1 aliphatic heterocycles. The van der Waals surface area contributed by atoms with E-state index in [9.17, 15) is 19.6 Å². The predicted octanol–water partition coefficient (Wildman–Crippen LogP) is 3.57. The van der Waals surface area contributed by atoms with Crippen LogP contribution in [0.25, 0.3) is 0 Å². The first kappa shape index (κ1) is 17.4. The van der Waals surface area contributed by atoms with E-state index in [0.717, 1.165) is 18.7 Å². The lowest BCUT2D eigenvalue weighted by Gasteiger charge is -2.20. The average Bonchev–Trinajstić information content (AvgIpc) is 3.05. The molecule has 0 bridgehead atoms. The molecule has 132 valence electrons. The summed E-state index contributed by atoms with van der Waals surface area (Å²) in [6.45, 7) is 1.16. The number of hydrogen-bond donors (Lipinski definition) is 2. The summed E-state index contributed by atoms with van der Waals surface area (Å²) in [5.41, 5.74) is 1.78. The van der Waals surface area contributed by atoms with Gasteiger partial charge in [-0.15, -0.1) is 0 Å². The van der Waals surface area contributed by atoms with E-state index in [-0.39, 0.29) is 23.4 Å². The fourth-order valence-corrected chi connectivity index (χ4v) is 3.15. The van der Waals surface area contributed by atoms with Crippen molar-refractivity contribution in [2.75, 3.05) is 23.3 Å². The van der Waals surface area contributed by atoms with Gasteiger partial charge in [-0.05, 0) is 42.3 Å². The Labute approximate surface area is 149 Å². The van der Waals surface area contributed by atoms with Gasteiger partial charge in [-0.1, -0.05) is 11.6 Å². The van der Waals surface area contributed by atoms with Gasteiger partial charge in [0.2, 0.25) is 0 Å². The number of nitro benzene ring substituents is 1. The van der Waals surface area contributed by atoms with Gasteiger partial charge in [-0.25, -0.2) is 4.39 Å². The number of nitrogens with zero attached hydrogens (tertiary/aromatic N) is 2. The first-order valence-corrected chi connectivity index (χ1v) is 8.20. The molecule has 0 radical (unpaired) electrons. The van der Waals surface area contributed by atoms with Crippen molar-refractivity contribution in [1.82, 2.24) is 0 Å². The van der Waals surface area contributed by atoms with Gasteiger partial charge in [0, 0.05) is 30.9 Å². The van der Waals surface area contributed by atoms with E-state index in [2.05, 4.69) is 5.32 Å². The summed E-state index contributed by atoms with van der Waals surface area (Å²) in [6, 6.07) is 9.08. The zero-order chi connectivity index (χ0) is 18.0. The van der Waals surface area contributed by atoms with E-state index in [1.165, 1.54) is 18.2 Å². The molecular weight excluding hydrogens is 349 g/mol. The highest BCUT2D eigenvalue weighted by molar-refractivity contribution is 6.31. The maximum Gasteiger partial charge on any atom is 0.292 e. The summed E-state index contributed by atoms with van der Waals surface area (Å²) < 4.78 is 13.3. The molecule has 1 atom stereocenters. The lowest BCUT2D eigenvalue weighted by Crippen LogP contribution is -2.26. The Kier molecular flexibility index (Phi) is 5.06. The highest BCUT2D eigenvalue weighted by Crippen LogP contribution is 2.30. The van der Waals surface area contributed by atoms with Crippen molar-refractivity contribution in [2.24, 2.45) is 0 Å². The number of aliphatic hydroxyl groups excluding tert-OH is 1. The fourth-order valence-electron chi connectivity index (χ4n) is 2.97. The molecule has 1 unspecified atom stereocenters. The molecule has 1 heterocycles. The standard InChI is InChI=1S/C17H17ClFN3O3/c18-14-8-13(2-3-15(14)19)21-6-5-12(9-21)20-16-7-11(10-23)1-4-17(16)22(24)25/h1-4,7-8,12,20,23H,5-6,9-10H2. The Balaban J connectivity index is 1.75. The molecule has 0 saturated carbocycles. The maximum absolute atomic E-state index is 13.3. The Morgan fingerprint density at radius 3 is 2.84 bits per heavy atom. The third-order valence-corrected chi connectivity index (χ3v) is 4.55. The number of benzene rings is 2. The van der Waals surface area contributed by atoms with Crippen molar-refractivity contribution < 1.29 is 14.4 Å².